The molecule has 1 aromatic heterocycles. The summed E-state index contributed by atoms with van der Waals surface area (Å²) in [6.07, 6.45) is 2.27. The molecule has 21 heavy (non-hydrogen) atoms. The molecule has 5 nitrogen and oxygen atoms in total. The summed E-state index contributed by atoms with van der Waals surface area (Å²) in [4.78, 5) is 30.4. The van der Waals surface area contributed by atoms with E-state index in [9.17, 15) is 9.59 Å². The molecule has 114 valence electrons. The predicted octanol–water partition coefficient (Wildman–Crippen LogP) is 1.13. The van der Waals surface area contributed by atoms with E-state index in [1.54, 1.807) is 11.3 Å². The van der Waals surface area contributed by atoms with Crippen LogP contribution in [0.15, 0.2) is 16.8 Å². The topological polar surface area (TPSA) is 43.9 Å². The van der Waals surface area contributed by atoms with Gasteiger partial charge in [0.05, 0.1) is 12.1 Å². The average Bonchev–Trinajstić information content (AvgIpc) is 3.20. The van der Waals surface area contributed by atoms with Crippen LogP contribution in [0, 0.1) is 0 Å². The summed E-state index contributed by atoms with van der Waals surface area (Å²) in [5.41, 5.74) is 0.779. The first-order valence-corrected chi connectivity index (χ1v) is 8.50. The molecule has 0 radical (unpaired) electrons. The number of carbonyl (C=O) groups excluding carboxylic acids is 2. The molecule has 3 rings (SSSR count). The maximum absolute atomic E-state index is 12.2. The number of piperazine rings is 1. The van der Waals surface area contributed by atoms with E-state index < -0.39 is 0 Å². The lowest BCUT2D eigenvalue weighted by Gasteiger charge is -2.34. The zero-order chi connectivity index (χ0) is 14.7. The van der Waals surface area contributed by atoms with E-state index in [1.807, 2.05) is 26.6 Å². The fourth-order valence-electron chi connectivity index (χ4n) is 2.94. The second-order valence-corrected chi connectivity index (χ2v) is 6.45. The number of hydrogen-bond donors (Lipinski definition) is 0. The molecule has 0 atom stereocenters. The van der Waals surface area contributed by atoms with Crippen LogP contribution >= 0.6 is 11.3 Å². The lowest BCUT2D eigenvalue weighted by Crippen LogP contribution is -2.51. The minimum absolute atomic E-state index is 0.113. The Kier molecular flexibility index (Phi) is 4.55. The molecular formula is C15H21N3O2S. The number of likely N-dealkylation sites (tertiary alicyclic amines) is 1. The van der Waals surface area contributed by atoms with Gasteiger partial charge in [-0.2, -0.15) is 11.3 Å². The van der Waals surface area contributed by atoms with Crippen LogP contribution in [0.3, 0.4) is 0 Å². The van der Waals surface area contributed by atoms with Gasteiger partial charge in [-0.3, -0.25) is 14.5 Å². The van der Waals surface area contributed by atoms with E-state index in [-0.39, 0.29) is 11.8 Å². The SMILES string of the molecule is O=C(CN1CCN(C(=O)c2ccsc2)CC1)N1CCCC1. The van der Waals surface area contributed by atoms with Crippen LogP contribution in [-0.4, -0.2) is 72.3 Å². The molecule has 0 N–H and O–H groups in total. The largest absolute Gasteiger partial charge is 0.342 e. The highest BCUT2D eigenvalue weighted by molar-refractivity contribution is 7.08. The summed E-state index contributed by atoms with van der Waals surface area (Å²) in [7, 11) is 0. The van der Waals surface area contributed by atoms with E-state index in [2.05, 4.69) is 4.90 Å². The first kappa shape index (κ1) is 14.5. The molecular weight excluding hydrogens is 286 g/mol. The van der Waals surface area contributed by atoms with Gasteiger partial charge in [-0.15, -0.1) is 0 Å². The molecule has 2 aliphatic rings. The molecule has 2 saturated heterocycles. The molecule has 3 heterocycles. The molecule has 0 unspecified atom stereocenters. The molecule has 0 spiro atoms. The Morgan fingerprint density at radius 2 is 1.71 bits per heavy atom. The standard InChI is InChI=1S/C15H21N3O2S/c19-14(17-4-1-2-5-17)11-16-6-8-18(9-7-16)15(20)13-3-10-21-12-13/h3,10,12H,1-2,4-9,11H2. The van der Waals surface area contributed by atoms with E-state index in [0.29, 0.717) is 19.6 Å². The normalized spacial score (nSPS) is 20.0. The average molecular weight is 307 g/mol. The molecule has 0 saturated carbocycles. The third-order valence-electron chi connectivity index (χ3n) is 4.25. The van der Waals surface area contributed by atoms with E-state index in [0.717, 1.165) is 44.6 Å². The number of rotatable bonds is 3. The van der Waals surface area contributed by atoms with Crippen molar-refractivity contribution < 1.29 is 9.59 Å². The lowest BCUT2D eigenvalue weighted by molar-refractivity contribution is -0.131. The second-order valence-electron chi connectivity index (χ2n) is 5.67. The van der Waals surface area contributed by atoms with Gasteiger partial charge in [0.25, 0.3) is 5.91 Å². The number of thiophene rings is 1. The molecule has 2 fully saturated rings. The second kappa shape index (κ2) is 6.58. The van der Waals surface area contributed by atoms with E-state index in [1.165, 1.54) is 0 Å². The van der Waals surface area contributed by atoms with E-state index >= 15 is 0 Å². The molecule has 0 aliphatic carbocycles. The number of amides is 2. The first-order chi connectivity index (χ1) is 10.2. The van der Waals surface area contributed by atoms with Crippen LogP contribution in [0.4, 0.5) is 0 Å². The monoisotopic (exact) mass is 307 g/mol. The molecule has 0 aromatic carbocycles. The summed E-state index contributed by atoms with van der Waals surface area (Å²) >= 11 is 1.55. The van der Waals surface area contributed by atoms with Crippen molar-refractivity contribution in [3.8, 4) is 0 Å². The fraction of sp³-hybridized carbons (Fsp3) is 0.600. The van der Waals surface area contributed by atoms with Gasteiger partial charge in [0.2, 0.25) is 5.91 Å². The van der Waals surface area contributed by atoms with Crippen LogP contribution in [0.2, 0.25) is 0 Å². The van der Waals surface area contributed by atoms with Crippen molar-refractivity contribution in [3.63, 3.8) is 0 Å². The van der Waals surface area contributed by atoms with Crippen LogP contribution in [-0.2, 0) is 4.79 Å². The summed E-state index contributed by atoms with van der Waals surface area (Å²) in [5.74, 6) is 0.354. The van der Waals surface area contributed by atoms with Crippen molar-refractivity contribution in [2.45, 2.75) is 12.8 Å². The lowest BCUT2D eigenvalue weighted by atomic mass is 10.2. The van der Waals surface area contributed by atoms with Crippen LogP contribution < -0.4 is 0 Å². The minimum Gasteiger partial charge on any atom is -0.342 e. The number of nitrogens with zero attached hydrogens (tertiary/aromatic N) is 3. The Hall–Kier alpha value is -1.40. The quantitative estimate of drug-likeness (QED) is 0.841. The van der Waals surface area contributed by atoms with Crippen molar-refractivity contribution in [2.75, 3.05) is 45.8 Å². The maximum atomic E-state index is 12.2. The van der Waals surface area contributed by atoms with Gasteiger partial charge >= 0.3 is 0 Å². The number of carbonyl (C=O) groups is 2. The van der Waals surface area contributed by atoms with E-state index in [4.69, 9.17) is 0 Å². The highest BCUT2D eigenvalue weighted by Gasteiger charge is 2.25. The third kappa shape index (κ3) is 3.44. The van der Waals surface area contributed by atoms with Crippen molar-refractivity contribution in [1.82, 2.24) is 14.7 Å². The Labute approximate surface area is 129 Å². The third-order valence-corrected chi connectivity index (χ3v) is 4.93. The minimum atomic E-state index is 0.113. The maximum Gasteiger partial charge on any atom is 0.254 e. The number of hydrogen-bond acceptors (Lipinski definition) is 4. The van der Waals surface area contributed by atoms with Crippen LogP contribution in [0.5, 0.6) is 0 Å². The predicted molar refractivity (Wildman–Crippen MR) is 82.5 cm³/mol. The molecule has 1 aromatic rings. The van der Waals surface area contributed by atoms with Crippen molar-refractivity contribution in [3.05, 3.63) is 22.4 Å². The van der Waals surface area contributed by atoms with Crippen LogP contribution in [0.1, 0.15) is 23.2 Å². The van der Waals surface area contributed by atoms with Gasteiger partial charge in [-0.1, -0.05) is 0 Å². The highest BCUT2D eigenvalue weighted by Crippen LogP contribution is 2.13. The smallest absolute Gasteiger partial charge is 0.254 e. The molecule has 2 amide bonds. The zero-order valence-corrected chi connectivity index (χ0v) is 13.0. The van der Waals surface area contributed by atoms with Crippen molar-refractivity contribution >= 4 is 23.2 Å². The van der Waals surface area contributed by atoms with Crippen molar-refractivity contribution in [1.29, 1.82) is 0 Å². The summed E-state index contributed by atoms with van der Waals surface area (Å²) in [5, 5.41) is 3.82. The molecule has 0 bridgehead atoms. The Bertz CT molecular complexity index is 489. The van der Waals surface area contributed by atoms with Crippen molar-refractivity contribution in [2.24, 2.45) is 0 Å². The summed E-state index contributed by atoms with van der Waals surface area (Å²) in [6, 6.07) is 1.87. The van der Waals surface area contributed by atoms with Crippen LogP contribution in [0.25, 0.3) is 0 Å². The molecule has 6 heteroatoms. The fourth-order valence-corrected chi connectivity index (χ4v) is 3.57. The summed E-state index contributed by atoms with van der Waals surface area (Å²) in [6.45, 7) is 5.32. The van der Waals surface area contributed by atoms with Gasteiger partial charge in [-0.25, -0.2) is 0 Å². The first-order valence-electron chi connectivity index (χ1n) is 7.55. The Morgan fingerprint density at radius 1 is 1.00 bits per heavy atom. The van der Waals surface area contributed by atoms with Gasteiger partial charge in [-0.05, 0) is 24.3 Å². The Balaban J connectivity index is 1.46. The summed E-state index contributed by atoms with van der Waals surface area (Å²) < 4.78 is 0. The van der Waals surface area contributed by atoms with Gasteiger partial charge in [0.1, 0.15) is 0 Å². The highest BCUT2D eigenvalue weighted by atomic mass is 32.1. The Morgan fingerprint density at radius 3 is 2.33 bits per heavy atom. The van der Waals surface area contributed by atoms with Gasteiger partial charge in [0.15, 0.2) is 0 Å². The van der Waals surface area contributed by atoms with Gasteiger partial charge in [0, 0.05) is 44.6 Å². The van der Waals surface area contributed by atoms with Gasteiger partial charge < -0.3 is 9.80 Å². The molecule has 2 aliphatic heterocycles. The zero-order valence-electron chi connectivity index (χ0n) is 12.2.